The topological polar surface area (TPSA) is 137 Å². The summed E-state index contributed by atoms with van der Waals surface area (Å²) >= 11 is 0. The van der Waals surface area contributed by atoms with Crippen molar-refractivity contribution in [2.75, 3.05) is 61.2 Å². The molecule has 2 N–H and O–H groups in total. The summed E-state index contributed by atoms with van der Waals surface area (Å²) in [7, 11) is 9.62. The molecule has 13 heteroatoms. The lowest BCUT2D eigenvalue weighted by Gasteiger charge is -2.28. The van der Waals surface area contributed by atoms with Gasteiger partial charge in [0.1, 0.15) is 6.17 Å². The summed E-state index contributed by atoms with van der Waals surface area (Å²) in [5, 5.41) is 10.9. The quantitative estimate of drug-likeness (QED) is 0.0735. The molecule has 316 valence electrons. The first-order valence-electron chi connectivity index (χ1n) is 20.2. The van der Waals surface area contributed by atoms with Gasteiger partial charge in [0.2, 0.25) is 11.5 Å². The maximum atomic E-state index is 12.7. The van der Waals surface area contributed by atoms with Gasteiger partial charge >= 0.3 is 0 Å². The zero-order valence-corrected chi connectivity index (χ0v) is 35.2. The third-order valence-corrected chi connectivity index (χ3v) is 10.6. The van der Waals surface area contributed by atoms with Gasteiger partial charge in [0.05, 0.1) is 67.1 Å². The highest BCUT2D eigenvalue weighted by atomic mass is 16.6. The lowest BCUT2D eigenvalue weighted by atomic mass is 9.99. The summed E-state index contributed by atoms with van der Waals surface area (Å²) in [6.45, 7) is 3.15. The molecule has 4 aromatic carbocycles. The van der Waals surface area contributed by atoms with Crippen LogP contribution in [0.3, 0.4) is 0 Å². The highest BCUT2D eigenvalue weighted by molar-refractivity contribution is 6.03. The van der Waals surface area contributed by atoms with Gasteiger partial charge in [0.25, 0.3) is 5.91 Å². The highest BCUT2D eigenvalue weighted by Crippen LogP contribution is 2.44. The Hall–Kier alpha value is -5.98. The molecule has 1 amide bonds. The number of fused-ring (bicyclic) bond motifs is 1. The molecule has 59 heavy (non-hydrogen) atoms. The van der Waals surface area contributed by atoms with E-state index in [4.69, 9.17) is 42.7 Å². The van der Waals surface area contributed by atoms with E-state index in [9.17, 15) is 4.79 Å². The van der Waals surface area contributed by atoms with Gasteiger partial charge in [-0.15, -0.1) is 0 Å². The number of amides is 1. The molecule has 2 unspecified atom stereocenters. The lowest BCUT2D eigenvalue weighted by Crippen LogP contribution is -2.38. The summed E-state index contributed by atoms with van der Waals surface area (Å²) in [5.74, 6) is 4.59. The average molecular weight is 812 g/mol. The van der Waals surface area contributed by atoms with Gasteiger partial charge in [0, 0.05) is 23.2 Å². The number of aryl methyl sites for hydroxylation is 1. The molecule has 0 saturated carbocycles. The van der Waals surface area contributed by atoms with Crippen molar-refractivity contribution in [3.05, 3.63) is 88.5 Å². The maximum Gasteiger partial charge on any atom is 0.255 e. The third kappa shape index (κ3) is 10.4. The minimum Gasteiger partial charge on any atom is -0.493 e. The van der Waals surface area contributed by atoms with Crippen molar-refractivity contribution >= 4 is 17.3 Å². The van der Waals surface area contributed by atoms with E-state index in [1.807, 2.05) is 67.6 Å². The van der Waals surface area contributed by atoms with Gasteiger partial charge in [-0.05, 0) is 73.9 Å². The fourth-order valence-corrected chi connectivity index (χ4v) is 7.35. The molecule has 2 heterocycles. The van der Waals surface area contributed by atoms with E-state index in [0.29, 0.717) is 71.2 Å². The molecular formula is C46H57N3O10. The maximum absolute atomic E-state index is 12.7. The molecule has 13 nitrogen and oxygen atoms in total. The van der Waals surface area contributed by atoms with Crippen LogP contribution in [0.1, 0.15) is 103 Å². The van der Waals surface area contributed by atoms with Crippen LogP contribution in [0, 0.1) is 6.92 Å². The van der Waals surface area contributed by atoms with E-state index < -0.39 is 0 Å². The Kier molecular flexibility index (Phi) is 14.9. The number of oxime groups is 1. The zero-order valence-electron chi connectivity index (χ0n) is 35.2. The normalized spacial score (nSPS) is 15.5. The number of nitrogens with one attached hydrogen (secondary N) is 2. The van der Waals surface area contributed by atoms with Crippen LogP contribution in [0.5, 0.6) is 46.0 Å². The van der Waals surface area contributed by atoms with E-state index in [0.717, 1.165) is 72.2 Å². The van der Waals surface area contributed by atoms with Crippen molar-refractivity contribution in [3.8, 4) is 46.0 Å². The van der Waals surface area contributed by atoms with Crippen molar-refractivity contribution in [3.63, 3.8) is 0 Å². The van der Waals surface area contributed by atoms with Crippen molar-refractivity contribution < 1.29 is 47.5 Å². The van der Waals surface area contributed by atoms with E-state index in [1.165, 1.54) is 12.8 Å². The largest absolute Gasteiger partial charge is 0.493 e. The van der Waals surface area contributed by atoms with E-state index in [-0.39, 0.29) is 18.2 Å². The fourth-order valence-electron chi connectivity index (χ4n) is 7.35. The number of ether oxygens (including phenoxy) is 8. The molecule has 0 saturated heterocycles. The zero-order chi connectivity index (χ0) is 41.7. The smallest absolute Gasteiger partial charge is 0.255 e. The first-order valence-corrected chi connectivity index (χ1v) is 20.2. The third-order valence-electron chi connectivity index (χ3n) is 10.6. The van der Waals surface area contributed by atoms with Crippen LogP contribution in [0.15, 0.2) is 65.8 Å². The number of methoxy groups -OCH3 is 6. The molecule has 2 aliphatic heterocycles. The first kappa shape index (κ1) is 42.6. The molecule has 2 aliphatic rings. The van der Waals surface area contributed by atoms with Gasteiger partial charge in [-0.1, -0.05) is 61.4 Å². The Morgan fingerprint density at radius 1 is 0.593 bits per heavy atom. The summed E-state index contributed by atoms with van der Waals surface area (Å²) < 4.78 is 45.9. The predicted molar refractivity (Wildman–Crippen MR) is 227 cm³/mol. The van der Waals surface area contributed by atoms with Gasteiger partial charge < -0.3 is 53.4 Å². The standard InChI is InChI=1S/C46H57N3O10/c1-29-16-18-34-33(22-29)46(50)48-45(47-34)30-17-19-36(38(23-30)51-2)57-20-14-12-10-8-9-11-13-15-21-58-44-41(54-5)24-31(25-42(44)55-6)35-28-37(59-49-35)32-26-39(52-3)43(56-7)40(27-32)53-4/h16-19,22-27,37,45,47H,8-15,20-21,28H2,1-7H3,(H,48,50). The van der Waals surface area contributed by atoms with Crippen LogP contribution in [-0.2, 0) is 4.84 Å². The minimum atomic E-state index is -0.356. The van der Waals surface area contributed by atoms with E-state index in [1.54, 1.807) is 42.7 Å². The van der Waals surface area contributed by atoms with Gasteiger partial charge in [0.15, 0.2) is 40.6 Å². The molecule has 0 aliphatic carbocycles. The first-order chi connectivity index (χ1) is 28.8. The number of unbranched alkanes of at least 4 members (excludes halogenated alkanes) is 7. The number of hydrogen-bond donors (Lipinski definition) is 2. The molecule has 0 bridgehead atoms. The molecule has 2 atom stereocenters. The van der Waals surface area contributed by atoms with Crippen LogP contribution in [0.25, 0.3) is 0 Å². The summed E-state index contributed by atoms with van der Waals surface area (Å²) in [6, 6.07) is 19.2. The second-order valence-electron chi connectivity index (χ2n) is 14.5. The molecule has 0 aromatic heterocycles. The molecular weight excluding hydrogens is 755 g/mol. The van der Waals surface area contributed by atoms with Crippen molar-refractivity contribution in [1.29, 1.82) is 0 Å². The van der Waals surface area contributed by atoms with Crippen LogP contribution >= 0.6 is 0 Å². The van der Waals surface area contributed by atoms with Crippen LogP contribution < -0.4 is 48.5 Å². The number of carbonyl (C=O) groups excluding carboxylic acids is 1. The molecule has 0 spiro atoms. The Morgan fingerprint density at radius 2 is 1.17 bits per heavy atom. The Morgan fingerprint density at radius 3 is 1.78 bits per heavy atom. The van der Waals surface area contributed by atoms with Crippen LogP contribution in [0.4, 0.5) is 5.69 Å². The van der Waals surface area contributed by atoms with Gasteiger partial charge in [-0.3, -0.25) is 4.79 Å². The second kappa shape index (κ2) is 20.6. The summed E-state index contributed by atoms with van der Waals surface area (Å²) in [6.07, 6.45) is 8.56. The second-order valence-corrected chi connectivity index (χ2v) is 14.5. The molecule has 0 fully saturated rings. The van der Waals surface area contributed by atoms with Crippen molar-refractivity contribution in [2.24, 2.45) is 5.16 Å². The van der Waals surface area contributed by atoms with Gasteiger partial charge in [-0.2, -0.15) is 0 Å². The number of benzene rings is 4. The van der Waals surface area contributed by atoms with Crippen molar-refractivity contribution in [2.45, 2.75) is 77.0 Å². The predicted octanol–water partition coefficient (Wildman–Crippen LogP) is 9.35. The molecule has 4 aromatic rings. The highest BCUT2D eigenvalue weighted by Gasteiger charge is 2.29. The fraction of sp³-hybridized carbons (Fsp3) is 0.435. The molecule has 0 radical (unpaired) electrons. The van der Waals surface area contributed by atoms with Crippen LogP contribution in [0.2, 0.25) is 0 Å². The molecule has 6 rings (SSSR count). The minimum absolute atomic E-state index is 0.0984. The van der Waals surface area contributed by atoms with Crippen molar-refractivity contribution in [1.82, 2.24) is 5.32 Å². The van der Waals surface area contributed by atoms with E-state index >= 15 is 0 Å². The number of carbonyl (C=O) groups is 1. The van der Waals surface area contributed by atoms with Crippen LogP contribution in [-0.4, -0.2) is 67.5 Å². The number of hydrogen-bond acceptors (Lipinski definition) is 12. The Balaban J connectivity index is 0.877. The number of nitrogens with zero attached hydrogens (tertiary/aromatic N) is 1. The Bertz CT molecular complexity index is 2040. The summed E-state index contributed by atoms with van der Waals surface area (Å²) in [4.78, 5) is 18.6. The monoisotopic (exact) mass is 811 g/mol. The SMILES string of the molecule is COc1cc(C2NC(=O)c3cc(C)ccc3N2)ccc1OCCCCCCCCCCOc1c(OC)cc(C2=NOC(c3cc(OC)c(OC)c(OC)c3)C2)cc1OC. The average Bonchev–Trinajstić information content (AvgIpc) is 3.77. The number of rotatable bonds is 22. The summed E-state index contributed by atoms with van der Waals surface area (Å²) in [5.41, 5.74) is 5.85. The van der Waals surface area contributed by atoms with E-state index in [2.05, 4.69) is 15.8 Å². The Labute approximate surface area is 347 Å². The lowest BCUT2D eigenvalue weighted by molar-refractivity contribution is 0.0853. The van der Waals surface area contributed by atoms with Gasteiger partial charge in [-0.25, -0.2) is 0 Å². The number of anilines is 1.